The van der Waals surface area contributed by atoms with Crippen molar-refractivity contribution >= 4 is 23.8 Å². The third-order valence-electron chi connectivity index (χ3n) is 3.38. The van der Waals surface area contributed by atoms with Gasteiger partial charge in [0.2, 0.25) is 0 Å². The van der Waals surface area contributed by atoms with Crippen LogP contribution in [0.15, 0.2) is 0 Å². The third-order valence-corrected chi connectivity index (χ3v) is 4.03. The number of likely N-dealkylation sites (N-methyl/N-ethyl adjacent to an activating group) is 1. The number of hydrogen-bond donors (Lipinski definition) is 3. The zero-order chi connectivity index (χ0) is 14.3. The number of carboxylic acids is 1. The Hall–Kier alpha value is -0.950. The summed E-state index contributed by atoms with van der Waals surface area (Å²) in [6, 6.07) is -0.845. The van der Waals surface area contributed by atoms with E-state index >= 15 is 0 Å². The van der Waals surface area contributed by atoms with Gasteiger partial charge in [-0.25, -0.2) is 9.59 Å². The SMILES string of the molecule is CSCC[C@H](NC(=O)NCC1CCCN1C)C(=O)O. The number of nitrogens with one attached hydrogen (secondary N) is 2. The van der Waals surface area contributed by atoms with Gasteiger partial charge in [0.25, 0.3) is 0 Å². The van der Waals surface area contributed by atoms with Crippen LogP contribution in [0, 0.1) is 0 Å². The van der Waals surface area contributed by atoms with Crippen LogP contribution in [0.5, 0.6) is 0 Å². The van der Waals surface area contributed by atoms with Gasteiger partial charge in [0, 0.05) is 12.6 Å². The van der Waals surface area contributed by atoms with Gasteiger partial charge in [-0.1, -0.05) is 0 Å². The molecule has 1 rings (SSSR count). The van der Waals surface area contributed by atoms with E-state index in [0.717, 1.165) is 19.4 Å². The summed E-state index contributed by atoms with van der Waals surface area (Å²) in [4.78, 5) is 24.9. The number of urea groups is 1. The average Bonchev–Trinajstić information content (AvgIpc) is 2.77. The first-order valence-electron chi connectivity index (χ1n) is 6.51. The smallest absolute Gasteiger partial charge is 0.326 e. The summed E-state index contributed by atoms with van der Waals surface area (Å²) in [7, 11) is 2.04. The molecule has 0 spiro atoms. The number of thioether (sulfide) groups is 1. The molecule has 0 aromatic rings. The molecule has 0 aliphatic carbocycles. The fourth-order valence-corrected chi connectivity index (χ4v) is 2.62. The maximum atomic E-state index is 11.7. The van der Waals surface area contributed by atoms with Gasteiger partial charge in [0.05, 0.1) is 0 Å². The molecule has 0 saturated carbocycles. The molecule has 2 atom stereocenters. The molecule has 0 bridgehead atoms. The normalized spacial score (nSPS) is 21.1. The van der Waals surface area contributed by atoms with Crippen LogP contribution in [-0.4, -0.2) is 66.2 Å². The first kappa shape index (κ1) is 16.1. The monoisotopic (exact) mass is 289 g/mol. The summed E-state index contributed by atoms with van der Waals surface area (Å²) >= 11 is 1.57. The molecule has 1 aliphatic rings. The second-order valence-electron chi connectivity index (χ2n) is 4.80. The minimum Gasteiger partial charge on any atom is -0.480 e. The lowest BCUT2D eigenvalue weighted by Crippen LogP contribution is -2.49. The van der Waals surface area contributed by atoms with Crippen molar-refractivity contribution in [2.24, 2.45) is 0 Å². The molecule has 2 amide bonds. The van der Waals surface area contributed by atoms with E-state index in [4.69, 9.17) is 5.11 Å². The molecule has 110 valence electrons. The zero-order valence-electron chi connectivity index (χ0n) is 11.5. The van der Waals surface area contributed by atoms with Crippen molar-refractivity contribution in [2.75, 3.05) is 32.1 Å². The van der Waals surface area contributed by atoms with Crippen LogP contribution < -0.4 is 10.6 Å². The highest BCUT2D eigenvalue weighted by molar-refractivity contribution is 7.98. The minimum absolute atomic E-state index is 0.361. The largest absolute Gasteiger partial charge is 0.480 e. The second kappa shape index (κ2) is 8.27. The molecule has 19 heavy (non-hydrogen) atoms. The molecule has 6 nitrogen and oxygen atoms in total. The summed E-state index contributed by atoms with van der Waals surface area (Å²) in [6.07, 6.45) is 4.57. The quantitative estimate of drug-likeness (QED) is 0.639. The number of nitrogens with zero attached hydrogens (tertiary/aromatic N) is 1. The fourth-order valence-electron chi connectivity index (χ4n) is 2.15. The molecular weight excluding hydrogens is 266 g/mol. The van der Waals surface area contributed by atoms with E-state index < -0.39 is 18.0 Å². The molecule has 1 heterocycles. The van der Waals surface area contributed by atoms with Crippen LogP contribution in [0.25, 0.3) is 0 Å². The van der Waals surface area contributed by atoms with Gasteiger partial charge in [0.15, 0.2) is 0 Å². The highest BCUT2D eigenvalue weighted by Crippen LogP contribution is 2.13. The van der Waals surface area contributed by atoms with Crippen LogP contribution in [0.3, 0.4) is 0 Å². The molecular formula is C12H23N3O3S. The van der Waals surface area contributed by atoms with E-state index in [9.17, 15) is 9.59 Å². The zero-order valence-corrected chi connectivity index (χ0v) is 12.3. The number of carbonyl (C=O) groups excluding carboxylic acids is 1. The van der Waals surface area contributed by atoms with Crippen molar-refractivity contribution < 1.29 is 14.7 Å². The van der Waals surface area contributed by atoms with Crippen LogP contribution >= 0.6 is 11.8 Å². The van der Waals surface area contributed by atoms with E-state index in [1.807, 2.05) is 13.3 Å². The van der Waals surface area contributed by atoms with Gasteiger partial charge in [-0.15, -0.1) is 0 Å². The molecule has 0 radical (unpaired) electrons. The summed E-state index contributed by atoms with van der Waals surface area (Å²) in [5.41, 5.74) is 0. The van der Waals surface area contributed by atoms with Crippen molar-refractivity contribution in [2.45, 2.75) is 31.3 Å². The Bertz CT molecular complexity index is 315. The molecule has 3 N–H and O–H groups in total. The van der Waals surface area contributed by atoms with E-state index in [1.165, 1.54) is 0 Å². The van der Waals surface area contributed by atoms with Gasteiger partial charge >= 0.3 is 12.0 Å². The van der Waals surface area contributed by atoms with E-state index in [0.29, 0.717) is 24.8 Å². The van der Waals surface area contributed by atoms with Crippen LogP contribution in [0.4, 0.5) is 4.79 Å². The number of carboxylic acid groups (broad SMARTS) is 1. The number of aliphatic carboxylic acids is 1. The van der Waals surface area contributed by atoms with Crippen molar-refractivity contribution in [3.8, 4) is 0 Å². The maximum Gasteiger partial charge on any atom is 0.326 e. The average molecular weight is 289 g/mol. The molecule has 1 unspecified atom stereocenters. The Balaban J connectivity index is 2.29. The van der Waals surface area contributed by atoms with Crippen LogP contribution in [0.1, 0.15) is 19.3 Å². The lowest BCUT2D eigenvalue weighted by atomic mass is 10.2. The summed E-state index contributed by atoms with van der Waals surface area (Å²) < 4.78 is 0. The highest BCUT2D eigenvalue weighted by atomic mass is 32.2. The van der Waals surface area contributed by atoms with Gasteiger partial charge in [0.1, 0.15) is 6.04 Å². The van der Waals surface area contributed by atoms with Crippen LogP contribution in [-0.2, 0) is 4.79 Å². The summed E-state index contributed by atoms with van der Waals surface area (Å²) in [6.45, 7) is 1.62. The van der Waals surface area contributed by atoms with Crippen LogP contribution in [0.2, 0.25) is 0 Å². The first-order chi connectivity index (χ1) is 9.04. The Kier molecular flexibility index (Phi) is 7.01. The number of hydrogen-bond acceptors (Lipinski definition) is 4. The molecule has 0 aromatic carbocycles. The van der Waals surface area contributed by atoms with Crippen molar-refractivity contribution in [3.63, 3.8) is 0 Å². The van der Waals surface area contributed by atoms with Crippen molar-refractivity contribution in [1.29, 1.82) is 0 Å². The Morgan fingerprint density at radius 2 is 2.26 bits per heavy atom. The van der Waals surface area contributed by atoms with Crippen molar-refractivity contribution in [1.82, 2.24) is 15.5 Å². The van der Waals surface area contributed by atoms with E-state index in [1.54, 1.807) is 11.8 Å². The molecule has 1 saturated heterocycles. The summed E-state index contributed by atoms with van der Waals surface area (Å²) in [5.74, 6) is -0.273. The Morgan fingerprint density at radius 3 is 2.79 bits per heavy atom. The van der Waals surface area contributed by atoms with Crippen molar-refractivity contribution in [3.05, 3.63) is 0 Å². The number of likely N-dealkylation sites (tertiary alicyclic amines) is 1. The summed E-state index contributed by atoms with van der Waals surface area (Å²) in [5, 5.41) is 14.3. The Labute approximate surface area is 118 Å². The first-order valence-corrected chi connectivity index (χ1v) is 7.90. The highest BCUT2D eigenvalue weighted by Gasteiger charge is 2.23. The van der Waals surface area contributed by atoms with Gasteiger partial charge in [-0.2, -0.15) is 11.8 Å². The standard InChI is InChI=1S/C12H23N3O3S/c1-15-6-3-4-9(15)8-13-12(18)14-10(11(16)17)5-7-19-2/h9-10H,3-8H2,1-2H3,(H,16,17)(H2,13,14,18)/t9?,10-/m0/s1. The van der Waals surface area contributed by atoms with E-state index in [2.05, 4.69) is 15.5 Å². The third kappa shape index (κ3) is 5.69. The van der Waals surface area contributed by atoms with Gasteiger partial charge in [-0.05, 0) is 44.9 Å². The lowest BCUT2D eigenvalue weighted by molar-refractivity contribution is -0.139. The topological polar surface area (TPSA) is 81.7 Å². The molecule has 1 fully saturated rings. The number of carbonyl (C=O) groups is 2. The lowest BCUT2D eigenvalue weighted by Gasteiger charge is -2.21. The number of rotatable bonds is 7. The fraction of sp³-hybridized carbons (Fsp3) is 0.833. The molecule has 7 heteroatoms. The predicted octanol–water partition coefficient (Wildman–Crippen LogP) is 0.586. The van der Waals surface area contributed by atoms with Gasteiger partial charge in [-0.3, -0.25) is 0 Å². The predicted molar refractivity (Wildman–Crippen MR) is 76.6 cm³/mol. The minimum atomic E-state index is -0.984. The second-order valence-corrected chi connectivity index (χ2v) is 5.79. The Morgan fingerprint density at radius 1 is 1.53 bits per heavy atom. The maximum absolute atomic E-state index is 11.7. The molecule has 1 aliphatic heterocycles. The van der Waals surface area contributed by atoms with Gasteiger partial charge < -0.3 is 20.6 Å². The number of amides is 2. The van der Waals surface area contributed by atoms with E-state index in [-0.39, 0.29) is 0 Å². The molecule has 0 aromatic heterocycles.